The first-order chi connectivity index (χ1) is 10.7. The summed E-state index contributed by atoms with van der Waals surface area (Å²) in [5, 5.41) is 5.72. The summed E-state index contributed by atoms with van der Waals surface area (Å²) in [5.41, 5.74) is 5.70. The first-order valence-corrected chi connectivity index (χ1v) is 7.72. The Hall–Kier alpha value is -2.62. The molecule has 22 heavy (non-hydrogen) atoms. The second kappa shape index (κ2) is 4.70. The molecule has 0 atom stereocenters. The predicted octanol–water partition coefficient (Wildman–Crippen LogP) is 2.87. The van der Waals surface area contributed by atoms with Gasteiger partial charge in [-0.1, -0.05) is 13.8 Å². The molecule has 0 saturated heterocycles. The van der Waals surface area contributed by atoms with E-state index in [0.717, 1.165) is 40.2 Å². The van der Waals surface area contributed by atoms with Crippen molar-refractivity contribution in [3.8, 4) is 0 Å². The molecule has 0 aliphatic rings. The lowest BCUT2D eigenvalue weighted by atomic mass is 10.1. The number of nitrogens with one attached hydrogen (secondary N) is 2. The molecule has 3 heterocycles. The molecule has 0 aliphatic carbocycles. The minimum absolute atomic E-state index is 0.0325. The summed E-state index contributed by atoms with van der Waals surface area (Å²) in [6, 6.07) is 9.52. The predicted molar refractivity (Wildman–Crippen MR) is 88.3 cm³/mol. The Kier molecular flexibility index (Phi) is 2.79. The van der Waals surface area contributed by atoms with Gasteiger partial charge >= 0.3 is 0 Å². The summed E-state index contributed by atoms with van der Waals surface area (Å²) in [6.45, 7) is 4.34. The lowest BCUT2D eigenvalue weighted by Gasteiger charge is -2.04. The molecule has 2 N–H and O–H groups in total. The van der Waals surface area contributed by atoms with Crippen molar-refractivity contribution in [2.45, 2.75) is 26.7 Å². The van der Waals surface area contributed by atoms with E-state index in [4.69, 9.17) is 0 Å². The van der Waals surface area contributed by atoms with Crippen molar-refractivity contribution < 1.29 is 5.10 Å². The molecule has 4 rings (SSSR count). The molecule has 0 fully saturated rings. The van der Waals surface area contributed by atoms with Crippen LogP contribution in [0, 0.1) is 0 Å². The van der Waals surface area contributed by atoms with Crippen molar-refractivity contribution in [1.82, 2.24) is 9.50 Å². The number of H-pyrrole nitrogens is 2. The van der Waals surface area contributed by atoms with Gasteiger partial charge in [0.25, 0.3) is 0 Å². The molecule has 4 aromatic rings. The van der Waals surface area contributed by atoms with E-state index < -0.39 is 0 Å². The van der Waals surface area contributed by atoms with Gasteiger partial charge in [0.2, 0.25) is 5.69 Å². The molecule has 3 aromatic heterocycles. The quantitative estimate of drug-likeness (QED) is 0.607. The Morgan fingerprint density at radius 1 is 1.09 bits per heavy atom. The molecular weight excluding hydrogens is 274 g/mol. The summed E-state index contributed by atoms with van der Waals surface area (Å²) < 4.78 is 2.05. The van der Waals surface area contributed by atoms with E-state index in [1.165, 1.54) is 11.3 Å². The highest BCUT2D eigenvalue weighted by Gasteiger charge is 2.14. The number of aromatic amines is 2. The maximum absolute atomic E-state index is 11.6. The Morgan fingerprint density at radius 2 is 1.95 bits per heavy atom. The summed E-state index contributed by atoms with van der Waals surface area (Å²) in [7, 11) is 0. The van der Waals surface area contributed by atoms with Gasteiger partial charge in [0, 0.05) is 28.8 Å². The van der Waals surface area contributed by atoms with Gasteiger partial charge in [0.1, 0.15) is 5.52 Å². The Labute approximate surface area is 127 Å². The zero-order chi connectivity index (χ0) is 15.3. The average molecular weight is 292 g/mol. The van der Waals surface area contributed by atoms with Crippen LogP contribution in [0.1, 0.15) is 25.1 Å². The van der Waals surface area contributed by atoms with E-state index in [9.17, 15) is 4.79 Å². The first kappa shape index (κ1) is 13.1. The fourth-order valence-corrected chi connectivity index (χ4v) is 3.25. The van der Waals surface area contributed by atoms with E-state index in [-0.39, 0.29) is 5.43 Å². The number of aromatic nitrogens is 3. The lowest BCUT2D eigenvalue weighted by molar-refractivity contribution is -0.480. The topological polar surface area (TPSA) is 51.4 Å². The number of hydrogen-bond donors (Lipinski definition) is 1. The van der Waals surface area contributed by atoms with E-state index in [1.807, 2.05) is 10.6 Å². The Morgan fingerprint density at radius 3 is 2.73 bits per heavy atom. The zero-order valence-electron chi connectivity index (χ0n) is 12.7. The fraction of sp³-hybridized carbons (Fsp3) is 0.222. The molecule has 0 radical (unpaired) electrons. The second-order valence-corrected chi connectivity index (χ2v) is 5.66. The van der Waals surface area contributed by atoms with Crippen LogP contribution in [0.3, 0.4) is 0 Å². The fourth-order valence-electron chi connectivity index (χ4n) is 3.25. The maximum Gasteiger partial charge on any atom is 0.206 e. The Balaban J connectivity index is 2.17. The molecular formula is C18H18N3O+. The molecule has 0 unspecified atom stereocenters. The number of pyridine rings is 1. The number of fused-ring (bicyclic) bond motifs is 5. The van der Waals surface area contributed by atoms with Crippen molar-refractivity contribution in [3.63, 3.8) is 0 Å². The van der Waals surface area contributed by atoms with Crippen molar-refractivity contribution in [1.29, 1.82) is 0 Å². The van der Waals surface area contributed by atoms with Crippen LogP contribution in [0.2, 0.25) is 0 Å². The van der Waals surface area contributed by atoms with Crippen LogP contribution in [-0.4, -0.2) is 9.50 Å². The van der Waals surface area contributed by atoms with Crippen LogP contribution in [0.4, 0.5) is 0 Å². The standard InChI is InChI=1S/C18H17N3O/c1-3-11-9-17-18-14(7-8-21(17)20-15(11)4-2)13-6-5-12(22)10-16(13)19-18/h5-10,19H,3-4H2,1-2H3/p+1. The van der Waals surface area contributed by atoms with Crippen molar-refractivity contribution in [2.75, 3.05) is 0 Å². The normalized spacial score (nSPS) is 11.7. The highest BCUT2D eigenvalue weighted by atomic mass is 16.1. The van der Waals surface area contributed by atoms with Gasteiger partial charge in [-0.15, -0.1) is 9.61 Å². The van der Waals surface area contributed by atoms with Gasteiger partial charge in [-0.05, 0) is 30.7 Å². The first-order valence-electron chi connectivity index (χ1n) is 7.72. The van der Waals surface area contributed by atoms with E-state index >= 15 is 0 Å². The highest BCUT2D eigenvalue weighted by molar-refractivity contribution is 6.11. The van der Waals surface area contributed by atoms with Crippen LogP contribution in [0.15, 0.2) is 41.3 Å². The van der Waals surface area contributed by atoms with Gasteiger partial charge in [-0.25, -0.2) is 0 Å². The molecule has 110 valence electrons. The third-order valence-electron chi connectivity index (χ3n) is 4.40. The number of benzene rings is 1. The van der Waals surface area contributed by atoms with Crippen LogP contribution < -0.4 is 10.5 Å². The summed E-state index contributed by atoms with van der Waals surface area (Å²) in [4.78, 5) is 15.0. The van der Waals surface area contributed by atoms with Gasteiger partial charge in [0.15, 0.2) is 5.43 Å². The SMILES string of the molecule is CCc1cc2c3[nH]c4cc(=O)ccc4c3ccn2[nH+]c1CC. The van der Waals surface area contributed by atoms with Crippen LogP contribution in [-0.2, 0) is 12.8 Å². The largest absolute Gasteiger partial charge is 0.353 e. The number of hydrogen-bond acceptors (Lipinski definition) is 1. The van der Waals surface area contributed by atoms with Gasteiger partial charge in [0.05, 0.1) is 17.2 Å². The average Bonchev–Trinajstić information content (AvgIpc) is 2.91. The van der Waals surface area contributed by atoms with Crippen LogP contribution >= 0.6 is 0 Å². The van der Waals surface area contributed by atoms with Gasteiger partial charge in [-0.3, -0.25) is 4.79 Å². The summed E-state index contributed by atoms with van der Waals surface area (Å²) >= 11 is 0. The van der Waals surface area contributed by atoms with Crippen LogP contribution in [0.5, 0.6) is 0 Å². The maximum atomic E-state index is 11.6. The minimum atomic E-state index is 0.0325. The molecule has 4 nitrogen and oxygen atoms in total. The number of nitrogens with zero attached hydrogens (tertiary/aromatic N) is 1. The molecule has 0 amide bonds. The van der Waals surface area contributed by atoms with Crippen molar-refractivity contribution in [2.24, 2.45) is 0 Å². The summed E-state index contributed by atoms with van der Waals surface area (Å²) in [5.74, 6) is 0. The van der Waals surface area contributed by atoms with E-state index in [0.29, 0.717) is 0 Å². The van der Waals surface area contributed by atoms with Crippen molar-refractivity contribution in [3.05, 3.63) is 58.0 Å². The third-order valence-corrected chi connectivity index (χ3v) is 4.40. The molecule has 4 heteroatoms. The van der Waals surface area contributed by atoms with E-state index in [1.54, 1.807) is 12.1 Å². The van der Waals surface area contributed by atoms with Crippen molar-refractivity contribution >= 4 is 27.3 Å². The zero-order valence-corrected chi connectivity index (χ0v) is 12.7. The third kappa shape index (κ3) is 1.77. The summed E-state index contributed by atoms with van der Waals surface area (Å²) in [6.07, 6.45) is 4.03. The number of rotatable bonds is 2. The molecule has 0 saturated carbocycles. The molecule has 0 aliphatic heterocycles. The number of aryl methyl sites for hydroxylation is 2. The van der Waals surface area contributed by atoms with E-state index in [2.05, 4.69) is 42.3 Å². The second-order valence-electron chi connectivity index (χ2n) is 5.66. The Bertz CT molecular complexity index is 1070. The van der Waals surface area contributed by atoms with Crippen LogP contribution in [0.25, 0.3) is 27.3 Å². The van der Waals surface area contributed by atoms with Gasteiger partial charge < -0.3 is 4.98 Å². The van der Waals surface area contributed by atoms with Gasteiger partial charge in [-0.2, -0.15) is 0 Å². The molecule has 0 bridgehead atoms. The molecule has 0 spiro atoms. The smallest absolute Gasteiger partial charge is 0.206 e. The monoisotopic (exact) mass is 292 g/mol. The highest BCUT2D eigenvalue weighted by Crippen LogP contribution is 2.27. The minimum Gasteiger partial charge on any atom is -0.353 e. The lowest BCUT2D eigenvalue weighted by Crippen LogP contribution is -2.23. The molecule has 1 aromatic carbocycles.